The van der Waals surface area contributed by atoms with E-state index in [1.807, 2.05) is 0 Å². The Morgan fingerprint density at radius 3 is 2.50 bits per heavy atom. The minimum atomic E-state index is -0.495. The zero-order valence-electron chi connectivity index (χ0n) is 15.2. The van der Waals surface area contributed by atoms with Crippen LogP contribution in [0.25, 0.3) is 5.69 Å². The van der Waals surface area contributed by atoms with Crippen LogP contribution in [0.2, 0.25) is 0 Å². The first-order chi connectivity index (χ1) is 13.6. The average molecular weight is 382 g/mol. The Kier molecular flexibility index (Phi) is 5.16. The fraction of sp³-hybridized carbons (Fsp3) is 0.238. The number of hydrogen-bond donors (Lipinski definition) is 2. The quantitative estimate of drug-likeness (QED) is 0.720. The molecule has 2 heterocycles. The van der Waals surface area contributed by atoms with E-state index >= 15 is 0 Å². The SMILES string of the molecule is O=C(Nc1ccccc1F)c1cnn(-c2ccc(F)cc2)c1C1CCNCC1. The van der Waals surface area contributed by atoms with Gasteiger partial charge in [-0.1, -0.05) is 12.1 Å². The molecule has 1 fully saturated rings. The van der Waals surface area contributed by atoms with Crippen molar-refractivity contribution in [2.75, 3.05) is 18.4 Å². The molecule has 1 aliphatic rings. The van der Waals surface area contributed by atoms with Gasteiger partial charge in [-0.2, -0.15) is 5.10 Å². The second kappa shape index (κ2) is 7.90. The van der Waals surface area contributed by atoms with Gasteiger partial charge in [0.05, 0.1) is 28.8 Å². The average Bonchev–Trinajstić information content (AvgIpc) is 3.16. The highest BCUT2D eigenvalue weighted by Crippen LogP contribution is 2.31. The van der Waals surface area contributed by atoms with Crippen LogP contribution in [0.4, 0.5) is 14.5 Å². The van der Waals surface area contributed by atoms with E-state index in [-0.39, 0.29) is 17.4 Å². The van der Waals surface area contributed by atoms with Crippen molar-refractivity contribution in [1.82, 2.24) is 15.1 Å². The molecule has 0 radical (unpaired) electrons. The molecule has 0 spiro atoms. The van der Waals surface area contributed by atoms with E-state index in [1.165, 1.54) is 30.5 Å². The summed E-state index contributed by atoms with van der Waals surface area (Å²) < 4.78 is 29.0. The minimum absolute atomic E-state index is 0.121. The van der Waals surface area contributed by atoms with Gasteiger partial charge >= 0.3 is 0 Å². The first kappa shape index (κ1) is 18.3. The van der Waals surface area contributed by atoms with Crippen molar-refractivity contribution >= 4 is 11.6 Å². The number of piperidine rings is 1. The predicted molar refractivity (Wildman–Crippen MR) is 103 cm³/mol. The third-order valence-corrected chi connectivity index (χ3v) is 4.97. The Morgan fingerprint density at radius 1 is 1.07 bits per heavy atom. The maximum absolute atomic E-state index is 13.9. The van der Waals surface area contributed by atoms with Gasteiger partial charge in [-0.05, 0) is 62.3 Å². The standard InChI is InChI=1S/C21H20F2N4O/c22-15-5-7-16(8-6-15)27-20(14-9-11-24-12-10-14)17(13-25-27)21(28)26-19-4-2-1-3-18(19)23/h1-8,13-14,24H,9-12H2,(H,26,28). The summed E-state index contributed by atoms with van der Waals surface area (Å²) in [5.74, 6) is -1.12. The number of amides is 1. The van der Waals surface area contributed by atoms with Crippen molar-refractivity contribution in [3.05, 3.63) is 77.6 Å². The molecule has 1 aromatic heterocycles. The summed E-state index contributed by atoms with van der Waals surface area (Å²) in [6, 6.07) is 12.0. The Morgan fingerprint density at radius 2 is 1.79 bits per heavy atom. The lowest BCUT2D eigenvalue weighted by Gasteiger charge is -2.24. The summed E-state index contributed by atoms with van der Waals surface area (Å²) in [5.41, 5.74) is 1.97. The molecule has 144 valence electrons. The molecule has 1 amide bonds. The molecule has 0 saturated carbocycles. The molecule has 5 nitrogen and oxygen atoms in total. The van der Waals surface area contributed by atoms with Gasteiger partial charge in [0.15, 0.2) is 0 Å². The van der Waals surface area contributed by atoms with E-state index in [0.29, 0.717) is 11.3 Å². The van der Waals surface area contributed by atoms with Gasteiger partial charge < -0.3 is 10.6 Å². The number of benzene rings is 2. The number of aromatic nitrogens is 2. The number of para-hydroxylation sites is 1. The van der Waals surface area contributed by atoms with Crippen molar-refractivity contribution in [3.63, 3.8) is 0 Å². The molecule has 0 aliphatic carbocycles. The molecular formula is C21H20F2N4O. The molecule has 2 aromatic carbocycles. The first-order valence-electron chi connectivity index (χ1n) is 9.24. The maximum atomic E-state index is 13.9. The molecule has 2 N–H and O–H groups in total. The summed E-state index contributed by atoms with van der Waals surface area (Å²) in [7, 11) is 0. The van der Waals surface area contributed by atoms with Gasteiger partial charge in [-0.3, -0.25) is 4.79 Å². The Labute approximate surface area is 161 Å². The van der Waals surface area contributed by atoms with Crippen LogP contribution in [0.1, 0.15) is 34.8 Å². The monoisotopic (exact) mass is 382 g/mol. The molecule has 0 bridgehead atoms. The topological polar surface area (TPSA) is 59.0 Å². The van der Waals surface area contributed by atoms with E-state index in [4.69, 9.17) is 0 Å². The summed E-state index contributed by atoms with van der Waals surface area (Å²) in [4.78, 5) is 12.9. The minimum Gasteiger partial charge on any atom is -0.319 e. The first-order valence-corrected chi connectivity index (χ1v) is 9.24. The van der Waals surface area contributed by atoms with Gasteiger partial charge in [0, 0.05) is 5.92 Å². The van der Waals surface area contributed by atoms with Crippen LogP contribution >= 0.6 is 0 Å². The fourth-order valence-corrected chi connectivity index (χ4v) is 3.56. The summed E-state index contributed by atoms with van der Waals surface area (Å²) in [5, 5.41) is 10.3. The normalized spacial score (nSPS) is 14.8. The Bertz CT molecular complexity index is 978. The van der Waals surface area contributed by atoms with Crippen LogP contribution in [0.3, 0.4) is 0 Å². The van der Waals surface area contributed by atoms with Crippen molar-refractivity contribution in [3.8, 4) is 5.69 Å². The van der Waals surface area contributed by atoms with E-state index in [9.17, 15) is 13.6 Å². The number of halogens is 2. The highest BCUT2D eigenvalue weighted by Gasteiger charge is 2.27. The number of carbonyl (C=O) groups excluding carboxylic acids is 1. The van der Waals surface area contributed by atoms with Crippen LogP contribution in [0, 0.1) is 11.6 Å². The number of carbonyl (C=O) groups is 1. The van der Waals surface area contributed by atoms with Crippen molar-refractivity contribution in [2.45, 2.75) is 18.8 Å². The van der Waals surface area contributed by atoms with Crippen LogP contribution in [0.15, 0.2) is 54.7 Å². The van der Waals surface area contributed by atoms with E-state index < -0.39 is 11.7 Å². The van der Waals surface area contributed by atoms with Crippen LogP contribution in [-0.4, -0.2) is 28.8 Å². The molecule has 0 unspecified atom stereocenters. The van der Waals surface area contributed by atoms with Gasteiger partial charge in [-0.15, -0.1) is 0 Å². The molecule has 7 heteroatoms. The van der Waals surface area contributed by atoms with Gasteiger partial charge in [0.1, 0.15) is 11.6 Å². The highest BCUT2D eigenvalue weighted by molar-refractivity contribution is 6.05. The molecule has 0 atom stereocenters. The number of nitrogens with zero attached hydrogens (tertiary/aromatic N) is 2. The Balaban J connectivity index is 1.73. The van der Waals surface area contributed by atoms with Gasteiger partial charge in [0.2, 0.25) is 0 Å². The summed E-state index contributed by atoms with van der Waals surface area (Å²) >= 11 is 0. The largest absolute Gasteiger partial charge is 0.319 e. The lowest BCUT2D eigenvalue weighted by Crippen LogP contribution is -2.29. The van der Waals surface area contributed by atoms with Gasteiger partial charge in [-0.25, -0.2) is 13.5 Å². The molecule has 4 rings (SSSR count). The lowest BCUT2D eigenvalue weighted by atomic mass is 9.91. The van der Waals surface area contributed by atoms with Crippen molar-refractivity contribution in [2.24, 2.45) is 0 Å². The third-order valence-electron chi connectivity index (χ3n) is 4.97. The fourth-order valence-electron chi connectivity index (χ4n) is 3.56. The molecule has 1 aliphatic heterocycles. The predicted octanol–water partition coefficient (Wildman–Crippen LogP) is 3.87. The van der Waals surface area contributed by atoms with Crippen LogP contribution < -0.4 is 10.6 Å². The third kappa shape index (κ3) is 3.66. The number of nitrogens with one attached hydrogen (secondary N) is 2. The highest BCUT2D eigenvalue weighted by atomic mass is 19.1. The van der Waals surface area contributed by atoms with Crippen molar-refractivity contribution < 1.29 is 13.6 Å². The zero-order valence-corrected chi connectivity index (χ0v) is 15.2. The summed E-state index contributed by atoms with van der Waals surface area (Å²) in [6.45, 7) is 1.68. The smallest absolute Gasteiger partial charge is 0.259 e. The van der Waals surface area contributed by atoms with E-state index in [1.54, 1.807) is 28.9 Å². The number of rotatable bonds is 4. The molecule has 1 saturated heterocycles. The van der Waals surface area contributed by atoms with E-state index in [0.717, 1.165) is 31.6 Å². The molecule has 28 heavy (non-hydrogen) atoms. The van der Waals surface area contributed by atoms with Crippen LogP contribution in [0.5, 0.6) is 0 Å². The number of hydrogen-bond acceptors (Lipinski definition) is 3. The zero-order chi connectivity index (χ0) is 19.5. The van der Waals surface area contributed by atoms with E-state index in [2.05, 4.69) is 15.7 Å². The lowest BCUT2D eigenvalue weighted by molar-refractivity contribution is 0.102. The second-order valence-corrected chi connectivity index (χ2v) is 6.79. The second-order valence-electron chi connectivity index (χ2n) is 6.79. The number of anilines is 1. The molecular weight excluding hydrogens is 362 g/mol. The van der Waals surface area contributed by atoms with Crippen molar-refractivity contribution in [1.29, 1.82) is 0 Å². The van der Waals surface area contributed by atoms with Gasteiger partial charge in [0.25, 0.3) is 5.91 Å². The van der Waals surface area contributed by atoms with Crippen LogP contribution in [-0.2, 0) is 0 Å². The summed E-state index contributed by atoms with van der Waals surface area (Å²) in [6.07, 6.45) is 3.20. The molecule has 3 aromatic rings. The Hall–Kier alpha value is -3.06. The maximum Gasteiger partial charge on any atom is 0.259 e.